The summed E-state index contributed by atoms with van der Waals surface area (Å²) >= 11 is 0. The van der Waals surface area contributed by atoms with Crippen LogP contribution in [0.15, 0.2) is 0 Å². The molecule has 1 aromatic heterocycles. The molecule has 1 rings (SSSR count). The molecule has 0 spiro atoms. The maximum atomic E-state index is 8.53. The van der Waals surface area contributed by atoms with E-state index in [1.807, 2.05) is 6.92 Å². The molecule has 0 aliphatic heterocycles. The summed E-state index contributed by atoms with van der Waals surface area (Å²) in [5.41, 5.74) is 12.5. The van der Waals surface area contributed by atoms with Crippen molar-refractivity contribution in [1.29, 1.82) is 0 Å². The molecular weight excluding hydrogens is 170 g/mol. The highest BCUT2D eigenvalue weighted by molar-refractivity contribution is 5.62. The third-order valence-corrected chi connectivity index (χ3v) is 1.81. The van der Waals surface area contributed by atoms with Crippen LogP contribution in [0.4, 0.5) is 11.5 Å². The van der Waals surface area contributed by atoms with Gasteiger partial charge in [0, 0.05) is 13.1 Å². The van der Waals surface area contributed by atoms with Gasteiger partial charge in [-0.05, 0) is 6.92 Å². The third-order valence-electron chi connectivity index (χ3n) is 1.81. The number of anilines is 2. The average molecular weight is 185 g/mol. The predicted molar refractivity (Wildman–Crippen MR) is 50.7 cm³/mol. The Balaban J connectivity index is 2.82. The second kappa shape index (κ2) is 4.11. The van der Waals surface area contributed by atoms with Gasteiger partial charge in [0.05, 0.1) is 12.4 Å². The lowest BCUT2D eigenvalue weighted by atomic mass is 10.3. The quantitative estimate of drug-likeness (QED) is 0.456. The standard InChI is InChI=1S/C7H15N5O/c1-2-12-7(9)6(8)5(11-12)3-10-4-13/h10,13H,2-4,8-9H2,1H3. The number of aliphatic hydroxyl groups excluding tert-OH is 1. The van der Waals surface area contributed by atoms with Crippen LogP contribution in [0.3, 0.4) is 0 Å². The lowest BCUT2D eigenvalue weighted by Gasteiger charge is -1.97. The normalized spacial score (nSPS) is 10.6. The van der Waals surface area contributed by atoms with Crippen molar-refractivity contribution in [3.63, 3.8) is 0 Å². The Kier molecular flexibility index (Phi) is 3.10. The number of nitrogens with two attached hydrogens (primary N) is 2. The minimum Gasteiger partial charge on any atom is -0.394 e. The number of hydrogen-bond acceptors (Lipinski definition) is 5. The van der Waals surface area contributed by atoms with Gasteiger partial charge in [-0.3, -0.25) is 5.32 Å². The van der Waals surface area contributed by atoms with E-state index < -0.39 is 0 Å². The van der Waals surface area contributed by atoms with Crippen molar-refractivity contribution in [2.24, 2.45) is 0 Å². The molecule has 0 amide bonds. The maximum absolute atomic E-state index is 8.53. The van der Waals surface area contributed by atoms with Crippen molar-refractivity contribution < 1.29 is 5.11 Å². The molecule has 0 fully saturated rings. The van der Waals surface area contributed by atoms with Crippen LogP contribution >= 0.6 is 0 Å². The van der Waals surface area contributed by atoms with Crippen molar-refractivity contribution in [3.8, 4) is 0 Å². The zero-order valence-corrected chi connectivity index (χ0v) is 7.62. The van der Waals surface area contributed by atoms with Crippen LogP contribution in [-0.2, 0) is 13.1 Å². The first-order chi connectivity index (χ1) is 6.20. The first-order valence-corrected chi connectivity index (χ1v) is 4.12. The topological polar surface area (TPSA) is 102 Å². The highest BCUT2D eigenvalue weighted by Crippen LogP contribution is 2.18. The van der Waals surface area contributed by atoms with Gasteiger partial charge in [0.2, 0.25) is 0 Å². The molecule has 74 valence electrons. The lowest BCUT2D eigenvalue weighted by Crippen LogP contribution is -2.15. The van der Waals surface area contributed by atoms with E-state index in [2.05, 4.69) is 10.4 Å². The van der Waals surface area contributed by atoms with Gasteiger partial charge in [-0.2, -0.15) is 5.10 Å². The number of nitrogens with one attached hydrogen (secondary N) is 1. The van der Waals surface area contributed by atoms with Crippen LogP contribution < -0.4 is 16.8 Å². The fraction of sp³-hybridized carbons (Fsp3) is 0.571. The van der Waals surface area contributed by atoms with Crippen LogP contribution in [0, 0.1) is 0 Å². The van der Waals surface area contributed by atoms with Crippen LogP contribution in [0.5, 0.6) is 0 Å². The van der Waals surface area contributed by atoms with Gasteiger partial charge in [-0.25, -0.2) is 4.68 Å². The SMILES string of the molecule is CCn1nc(CNCO)c(N)c1N. The molecule has 0 bridgehead atoms. The molecule has 6 heteroatoms. The van der Waals surface area contributed by atoms with Crippen molar-refractivity contribution in [3.05, 3.63) is 5.69 Å². The summed E-state index contributed by atoms with van der Waals surface area (Å²) in [5.74, 6) is 0.484. The molecule has 0 radical (unpaired) electrons. The zero-order chi connectivity index (χ0) is 9.84. The first kappa shape index (κ1) is 9.82. The Labute approximate surface area is 76.5 Å². The molecule has 1 heterocycles. The number of hydrogen-bond donors (Lipinski definition) is 4. The van der Waals surface area contributed by atoms with Gasteiger partial charge >= 0.3 is 0 Å². The van der Waals surface area contributed by atoms with Crippen LogP contribution in [0.1, 0.15) is 12.6 Å². The molecule has 6 nitrogen and oxygen atoms in total. The fourth-order valence-corrected chi connectivity index (χ4v) is 1.09. The second-order valence-corrected chi connectivity index (χ2v) is 2.65. The number of aliphatic hydroxyl groups is 1. The summed E-state index contributed by atoms with van der Waals surface area (Å²) in [6.07, 6.45) is 0. The van der Waals surface area contributed by atoms with Crippen molar-refractivity contribution >= 4 is 11.5 Å². The van der Waals surface area contributed by atoms with E-state index in [0.717, 1.165) is 0 Å². The Morgan fingerprint density at radius 1 is 1.54 bits per heavy atom. The van der Waals surface area contributed by atoms with Crippen LogP contribution in [0.25, 0.3) is 0 Å². The van der Waals surface area contributed by atoms with Gasteiger partial charge in [-0.15, -0.1) is 0 Å². The van der Waals surface area contributed by atoms with Crippen LogP contribution in [-0.4, -0.2) is 21.6 Å². The molecule has 0 unspecified atom stereocenters. The maximum Gasteiger partial charge on any atom is 0.145 e. The molecule has 13 heavy (non-hydrogen) atoms. The predicted octanol–water partition coefficient (Wildman–Crippen LogP) is -0.893. The van der Waals surface area contributed by atoms with Gasteiger partial charge < -0.3 is 16.6 Å². The lowest BCUT2D eigenvalue weighted by molar-refractivity contribution is 0.258. The minimum atomic E-state index is -0.0989. The zero-order valence-electron chi connectivity index (χ0n) is 7.62. The van der Waals surface area contributed by atoms with E-state index in [0.29, 0.717) is 30.3 Å². The summed E-state index contributed by atoms with van der Waals surface area (Å²) in [6, 6.07) is 0. The van der Waals surface area contributed by atoms with E-state index >= 15 is 0 Å². The summed E-state index contributed by atoms with van der Waals surface area (Å²) in [5, 5.41) is 15.4. The van der Waals surface area contributed by atoms with Gasteiger partial charge in [0.15, 0.2) is 0 Å². The highest BCUT2D eigenvalue weighted by atomic mass is 16.3. The average Bonchev–Trinajstić information content (AvgIpc) is 2.41. The Morgan fingerprint density at radius 3 is 2.69 bits per heavy atom. The Hall–Kier alpha value is -1.27. The van der Waals surface area contributed by atoms with Gasteiger partial charge in [0.25, 0.3) is 0 Å². The second-order valence-electron chi connectivity index (χ2n) is 2.65. The Bertz CT molecular complexity index is 283. The highest BCUT2D eigenvalue weighted by Gasteiger charge is 2.10. The molecule has 0 saturated carbocycles. The summed E-state index contributed by atoms with van der Waals surface area (Å²) in [6.45, 7) is 2.96. The van der Waals surface area contributed by atoms with Crippen LogP contribution in [0.2, 0.25) is 0 Å². The van der Waals surface area contributed by atoms with E-state index in [1.54, 1.807) is 4.68 Å². The molecule has 6 N–H and O–H groups in total. The van der Waals surface area contributed by atoms with E-state index in [1.165, 1.54) is 0 Å². The molecule has 1 aromatic rings. The van der Waals surface area contributed by atoms with Gasteiger partial charge in [-0.1, -0.05) is 0 Å². The number of aryl methyl sites for hydroxylation is 1. The largest absolute Gasteiger partial charge is 0.394 e. The monoisotopic (exact) mass is 185 g/mol. The molecule has 0 aromatic carbocycles. The minimum absolute atomic E-state index is 0.0989. The smallest absolute Gasteiger partial charge is 0.145 e. The molecular formula is C7H15N5O. The fourth-order valence-electron chi connectivity index (χ4n) is 1.09. The number of aromatic nitrogens is 2. The molecule has 0 aliphatic rings. The van der Waals surface area contributed by atoms with E-state index in [9.17, 15) is 0 Å². The number of rotatable bonds is 4. The Morgan fingerprint density at radius 2 is 2.23 bits per heavy atom. The summed E-state index contributed by atoms with van der Waals surface area (Å²) < 4.78 is 1.63. The number of nitrogen functional groups attached to an aromatic ring is 2. The van der Waals surface area contributed by atoms with Crippen molar-refractivity contribution in [2.75, 3.05) is 18.2 Å². The molecule has 0 saturated heterocycles. The first-order valence-electron chi connectivity index (χ1n) is 4.12. The van der Waals surface area contributed by atoms with E-state index in [-0.39, 0.29) is 6.73 Å². The van der Waals surface area contributed by atoms with Gasteiger partial charge in [0.1, 0.15) is 11.5 Å². The molecule has 0 atom stereocenters. The molecule has 0 aliphatic carbocycles. The number of nitrogens with zero attached hydrogens (tertiary/aromatic N) is 2. The van der Waals surface area contributed by atoms with E-state index in [4.69, 9.17) is 16.6 Å². The summed E-state index contributed by atoms with van der Waals surface area (Å²) in [7, 11) is 0. The summed E-state index contributed by atoms with van der Waals surface area (Å²) in [4.78, 5) is 0. The third kappa shape index (κ3) is 1.90. The van der Waals surface area contributed by atoms with Crippen molar-refractivity contribution in [2.45, 2.75) is 20.0 Å². The van der Waals surface area contributed by atoms with Crippen molar-refractivity contribution in [1.82, 2.24) is 15.1 Å².